The van der Waals surface area contributed by atoms with Crippen molar-refractivity contribution < 1.29 is 9.59 Å². The molecule has 0 aliphatic carbocycles. The predicted octanol–water partition coefficient (Wildman–Crippen LogP) is 7.51. The number of hydrogen-bond donors (Lipinski definition) is 5. The second-order valence-corrected chi connectivity index (χ2v) is 9.04. The largest absolute Gasteiger partial charge is 0.362 e. The Bertz CT molecular complexity index is 1490. The molecule has 4 aromatic rings. The highest BCUT2D eigenvalue weighted by atomic mass is 35.5. The van der Waals surface area contributed by atoms with Crippen LogP contribution >= 0.6 is 23.2 Å². The van der Waals surface area contributed by atoms with E-state index in [0.717, 1.165) is 33.9 Å². The molecule has 180 valence electrons. The first-order valence-corrected chi connectivity index (χ1v) is 11.8. The van der Waals surface area contributed by atoms with Gasteiger partial charge >= 0.3 is 6.03 Å². The number of rotatable bonds is 5. The van der Waals surface area contributed by atoms with E-state index in [1.54, 1.807) is 24.3 Å². The van der Waals surface area contributed by atoms with Crippen molar-refractivity contribution in [3.05, 3.63) is 99.8 Å². The van der Waals surface area contributed by atoms with Crippen molar-refractivity contribution in [2.24, 2.45) is 0 Å². The normalized spacial score (nSPS) is 13.3. The summed E-state index contributed by atoms with van der Waals surface area (Å²) in [6.45, 7) is 1.96. The number of benzene rings is 3. The first kappa shape index (κ1) is 23.5. The lowest BCUT2D eigenvalue weighted by Gasteiger charge is -2.14. The van der Waals surface area contributed by atoms with Crippen molar-refractivity contribution in [2.75, 3.05) is 21.3 Å². The molecule has 0 radical (unpaired) electrons. The Morgan fingerprint density at radius 3 is 2.44 bits per heavy atom. The van der Waals surface area contributed by atoms with Gasteiger partial charge in [-0.15, -0.1) is 0 Å². The molecule has 7 nitrogen and oxygen atoms in total. The number of H-pyrrole nitrogens is 1. The number of aryl methyl sites for hydroxylation is 1. The van der Waals surface area contributed by atoms with Gasteiger partial charge in [-0.2, -0.15) is 0 Å². The molecule has 0 bridgehead atoms. The lowest BCUT2D eigenvalue weighted by atomic mass is 10.1. The van der Waals surface area contributed by atoms with Crippen molar-refractivity contribution in [1.82, 2.24) is 4.98 Å². The molecule has 0 spiro atoms. The van der Waals surface area contributed by atoms with E-state index >= 15 is 0 Å². The van der Waals surface area contributed by atoms with Crippen LogP contribution < -0.4 is 21.3 Å². The molecule has 36 heavy (non-hydrogen) atoms. The number of aromatic amines is 1. The minimum atomic E-state index is -0.471. The number of carbonyl (C=O) groups is 2. The number of para-hydroxylation sites is 1. The second kappa shape index (κ2) is 9.81. The minimum Gasteiger partial charge on any atom is -0.362 e. The van der Waals surface area contributed by atoms with Crippen LogP contribution in [0.5, 0.6) is 0 Å². The third-order valence-electron chi connectivity index (χ3n) is 5.70. The molecule has 0 fully saturated rings. The van der Waals surface area contributed by atoms with Crippen LogP contribution in [0.15, 0.2) is 72.9 Å². The molecule has 0 atom stereocenters. The summed E-state index contributed by atoms with van der Waals surface area (Å²) in [5.74, 6) is -0.149. The van der Waals surface area contributed by atoms with Gasteiger partial charge in [0.25, 0.3) is 5.91 Å². The van der Waals surface area contributed by atoms with Gasteiger partial charge in [-0.05, 0) is 67.1 Å². The van der Waals surface area contributed by atoms with Gasteiger partial charge in [-0.25, -0.2) is 4.79 Å². The molecule has 1 aliphatic rings. The van der Waals surface area contributed by atoms with Gasteiger partial charge in [-0.1, -0.05) is 41.4 Å². The quantitative estimate of drug-likeness (QED) is 0.177. The molecule has 5 N–H and O–H groups in total. The fourth-order valence-corrected chi connectivity index (χ4v) is 4.38. The van der Waals surface area contributed by atoms with Crippen molar-refractivity contribution in [3.8, 4) is 0 Å². The third-order valence-corrected chi connectivity index (χ3v) is 6.33. The molecular weight excluding hydrogens is 497 g/mol. The van der Waals surface area contributed by atoms with Gasteiger partial charge < -0.3 is 26.3 Å². The zero-order chi connectivity index (χ0) is 25.2. The number of carbonyl (C=O) groups excluding carboxylic acids is 2. The van der Waals surface area contributed by atoms with Crippen molar-refractivity contribution >= 4 is 75.2 Å². The Hall–Kier alpha value is -4.20. The van der Waals surface area contributed by atoms with E-state index in [9.17, 15) is 9.59 Å². The first-order valence-electron chi connectivity index (χ1n) is 11.1. The van der Waals surface area contributed by atoms with Gasteiger partial charge in [-0.3, -0.25) is 4.79 Å². The average molecular weight is 518 g/mol. The summed E-state index contributed by atoms with van der Waals surface area (Å²) >= 11 is 12.3. The van der Waals surface area contributed by atoms with E-state index in [1.807, 2.05) is 61.7 Å². The number of amides is 3. The smallest absolute Gasteiger partial charge is 0.323 e. The maximum atomic E-state index is 12.5. The highest BCUT2D eigenvalue weighted by Crippen LogP contribution is 2.36. The Morgan fingerprint density at radius 1 is 0.917 bits per heavy atom. The van der Waals surface area contributed by atoms with E-state index in [1.165, 1.54) is 0 Å². The summed E-state index contributed by atoms with van der Waals surface area (Å²) in [5, 5.41) is 12.5. The number of aromatic nitrogens is 1. The SMILES string of the molecule is Cc1ccc(NC(=O)Nc2c(Cl)cccc2Cl)cc1Nc1ccc2c(c1)NC(=O)C2=Cc1ccc[nH]1. The Labute approximate surface area is 217 Å². The molecule has 0 saturated carbocycles. The molecule has 3 aromatic carbocycles. The van der Waals surface area contributed by atoms with E-state index in [4.69, 9.17) is 23.2 Å². The summed E-state index contributed by atoms with van der Waals surface area (Å²) in [4.78, 5) is 28.1. The Kier molecular flexibility index (Phi) is 6.41. The monoisotopic (exact) mass is 517 g/mol. The maximum absolute atomic E-state index is 12.5. The number of halogens is 2. The maximum Gasteiger partial charge on any atom is 0.323 e. The van der Waals surface area contributed by atoms with Crippen molar-refractivity contribution in [1.29, 1.82) is 0 Å². The molecule has 1 aliphatic heterocycles. The van der Waals surface area contributed by atoms with Gasteiger partial charge in [0, 0.05) is 34.5 Å². The molecular formula is C27H21Cl2N5O2. The molecule has 0 saturated heterocycles. The van der Waals surface area contributed by atoms with Crippen LogP contribution in [-0.2, 0) is 4.79 Å². The molecule has 9 heteroatoms. The third kappa shape index (κ3) is 4.93. The predicted molar refractivity (Wildman–Crippen MR) is 147 cm³/mol. The van der Waals surface area contributed by atoms with Gasteiger partial charge in [0.1, 0.15) is 0 Å². The van der Waals surface area contributed by atoms with Crippen LogP contribution in [0.25, 0.3) is 11.6 Å². The topological polar surface area (TPSA) is 98.0 Å². The number of nitrogens with one attached hydrogen (secondary N) is 5. The van der Waals surface area contributed by atoms with E-state index in [-0.39, 0.29) is 5.91 Å². The number of fused-ring (bicyclic) bond motifs is 1. The van der Waals surface area contributed by atoms with Crippen LogP contribution in [0, 0.1) is 6.92 Å². The lowest BCUT2D eigenvalue weighted by Crippen LogP contribution is -2.20. The molecule has 0 unspecified atom stereocenters. The molecule has 5 rings (SSSR count). The molecule has 3 amide bonds. The van der Waals surface area contributed by atoms with Crippen LogP contribution in [-0.4, -0.2) is 16.9 Å². The van der Waals surface area contributed by atoms with Crippen molar-refractivity contribution in [3.63, 3.8) is 0 Å². The summed E-state index contributed by atoms with van der Waals surface area (Å²) < 4.78 is 0. The Morgan fingerprint density at radius 2 is 1.69 bits per heavy atom. The highest BCUT2D eigenvalue weighted by Gasteiger charge is 2.24. The van der Waals surface area contributed by atoms with Crippen LogP contribution in [0.1, 0.15) is 16.8 Å². The summed E-state index contributed by atoms with van der Waals surface area (Å²) in [7, 11) is 0. The van der Waals surface area contributed by atoms with Crippen LogP contribution in [0.3, 0.4) is 0 Å². The lowest BCUT2D eigenvalue weighted by molar-refractivity contribution is -0.110. The van der Waals surface area contributed by atoms with Crippen LogP contribution in [0.2, 0.25) is 10.0 Å². The zero-order valence-corrected chi connectivity index (χ0v) is 20.6. The van der Waals surface area contributed by atoms with Gasteiger partial charge in [0.15, 0.2) is 0 Å². The van der Waals surface area contributed by atoms with Gasteiger partial charge in [0.2, 0.25) is 0 Å². The van der Waals surface area contributed by atoms with E-state index < -0.39 is 6.03 Å². The fourth-order valence-electron chi connectivity index (χ4n) is 3.89. The van der Waals surface area contributed by atoms with Gasteiger partial charge in [0.05, 0.1) is 27.0 Å². The minimum absolute atomic E-state index is 0.149. The average Bonchev–Trinajstić information content (AvgIpc) is 3.46. The number of anilines is 5. The standard InChI is InChI=1S/C27H21Cl2N5O2/c1-15-7-8-18(32-27(36)34-25-21(28)5-2-6-22(25)29)13-23(15)31-17-9-10-19-20(12-16-4-3-11-30-16)26(35)33-24(19)14-17/h2-14,30-31H,1H3,(H,33,35)(H2,32,34,36). The van der Waals surface area contributed by atoms with Crippen LogP contribution in [0.4, 0.5) is 33.2 Å². The molecule has 2 heterocycles. The summed E-state index contributed by atoms with van der Waals surface area (Å²) in [6, 6.07) is 19.5. The fraction of sp³-hybridized carbons (Fsp3) is 0.0370. The highest BCUT2D eigenvalue weighted by molar-refractivity contribution is 6.40. The molecule has 1 aromatic heterocycles. The second-order valence-electron chi connectivity index (χ2n) is 8.23. The summed E-state index contributed by atoms with van der Waals surface area (Å²) in [5.41, 5.74) is 6.52. The number of hydrogen-bond acceptors (Lipinski definition) is 3. The first-order chi connectivity index (χ1) is 17.4. The van der Waals surface area contributed by atoms with E-state index in [0.29, 0.717) is 27.0 Å². The van der Waals surface area contributed by atoms with Crippen molar-refractivity contribution in [2.45, 2.75) is 6.92 Å². The number of urea groups is 1. The van der Waals surface area contributed by atoms with E-state index in [2.05, 4.69) is 26.3 Å². The zero-order valence-electron chi connectivity index (χ0n) is 19.1. The Balaban J connectivity index is 1.33. The summed E-state index contributed by atoms with van der Waals surface area (Å²) in [6.07, 6.45) is 3.64.